The van der Waals surface area contributed by atoms with Crippen molar-refractivity contribution in [1.82, 2.24) is 10.2 Å². The van der Waals surface area contributed by atoms with Gasteiger partial charge < -0.3 is 16.0 Å². The van der Waals surface area contributed by atoms with Gasteiger partial charge >= 0.3 is 0 Å². The first-order valence-electron chi connectivity index (χ1n) is 9.20. The van der Waals surface area contributed by atoms with Crippen LogP contribution in [0.25, 0.3) is 0 Å². The van der Waals surface area contributed by atoms with E-state index in [2.05, 4.69) is 10.2 Å². The van der Waals surface area contributed by atoms with Gasteiger partial charge in [0.1, 0.15) is 5.82 Å². The lowest BCUT2D eigenvalue weighted by atomic mass is 9.93. The van der Waals surface area contributed by atoms with Crippen molar-refractivity contribution in [2.24, 2.45) is 11.7 Å². The van der Waals surface area contributed by atoms with Crippen molar-refractivity contribution in [3.8, 4) is 0 Å². The highest BCUT2D eigenvalue weighted by Crippen LogP contribution is 2.21. The van der Waals surface area contributed by atoms with Crippen LogP contribution in [0, 0.1) is 11.7 Å². The highest BCUT2D eigenvalue weighted by atomic mass is 19.1. The molecule has 0 bridgehead atoms. The zero-order valence-electron chi connectivity index (χ0n) is 15.4. The third-order valence-corrected chi connectivity index (χ3v) is 4.89. The number of carbonyl (C=O) groups excluding carboxylic acids is 2. The predicted molar refractivity (Wildman–Crippen MR) is 100 cm³/mol. The number of carbonyl (C=O) groups is 2. The number of hydrogen-bond donors (Lipinski definition) is 2. The maximum Gasteiger partial charge on any atom is 0.241 e. The van der Waals surface area contributed by atoms with Crippen molar-refractivity contribution in [2.75, 3.05) is 44.7 Å². The molecule has 0 aliphatic carbocycles. The summed E-state index contributed by atoms with van der Waals surface area (Å²) in [5.74, 6) is -0.210. The van der Waals surface area contributed by atoms with Crippen molar-refractivity contribution >= 4 is 17.5 Å². The Kier molecular flexibility index (Phi) is 8.00. The Morgan fingerprint density at radius 3 is 2.50 bits per heavy atom. The lowest BCUT2D eigenvalue weighted by Gasteiger charge is -2.33. The fourth-order valence-electron chi connectivity index (χ4n) is 3.30. The summed E-state index contributed by atoms with van der Waals surface area (Å²) in [6, 6.07) is 5.73. The molecule has 0 spiro atoms. The van der Waals surface area contributed by atoms with E-state index in [1.807, 2.05) is 7.05 Å². The second kappa shape index (κ2) is 10.2. The van der Waals surface area contributed by atoms with E-state index in [-0.39, 0.29) is 24.7 Å². The highest BCUT2D eigenvalue weighted by molar-refractivity contribution is 5.95. The lowest BCUT2D eigenvalue weighted by Crippen LogP contribution is -2.44. The Morgan fingerprint density at radius 2 is 1.92 bits per heavy atom. The van der Waals surface area contributed by atoms with Crippen molar-refractivity contribution in [3.63, 3.8) is 0 Å². The molecule has 2 rings (SSSR count). The number of nitrogens with zero attached hydrogens (tertiary/aromatic N) is 2. The Bertz CT molecular complexity index is 586. The Labute approximate surface area is 154 Å². The van der Waals surface area contributed by atoms with Crippen LogP contribution < -0.4 is 16.0 Å². The molecule has 2 amide bonds. The van der Waals surface area contributed by atoms with Crippen molar-refractivity contribution < 1.29 is 14.0 Å². The molecular formula is C19H29FN4O2. The number of amides is 2. The number of piperidine rings is 1. The first-order chi connectivity index (χ1) is 12.5. The summed E-state index contributed by atoms with van der Waals surface area (Å²) in [5.41, 5.74) is 5.81. The van der Waals surface area contributed by atoms with Gasteiger partial charge in [0, 0.05) is 18.7 Å². The number of halogens is 1. The van der Waals surface area contributed by atoms with Crippen LogP contribution >= 0.6 is 0 Å². The summed E-state index contributed by atoms with van der Waals surface area (Å²) in [6.45, 7) is 3.32. The third kappa shape index (κ3) is 6.38. The fraction of sp³-hybridized carbons (Fsp3) is 0.579. The topological polar surface area (TPSA) is 78.7 Å². The molecule has 0 radical (unpaired) electrons. The molecule has 26 heavy (non-hydrogen) atoms. The average molecular weight is 364 g/mol. The number of hydrogen-bond acceptors (Lipinski definition) is 4. The summed E-state index contributed by atoms with van der Waals surface area (Å²) in [5, 5.41) is 3.18. The zero-order chi connectivity index (χ0) is 18.9. The standard InChI is InChI=1S/C19H29FN4O2/c1-22-10-6-15-7-11-23(12-8-15)14-19(26)24(13-9-18(21)25)17-4-2-16(20)3-5-17/h2-5,15,22H,6-14H2,1H3,(H2,21,25). The minimum absolute atomic E-state index is 0.0786. The summed E-state index contributed by atoms with van der Waals surface area (Å²) < 4.78 is 13.2. The lowest BCUT2D eigenvalue weighted by molar-refractivity contribution is -0.120. The van der Waals surface area contributed by atoms with E-state index in [1.54, 1.807) is 12.1 Å². The normalized spacial score (nSPS) is 15.8. The van der Waals surface area contributed by atoms with Gasteiger partial charge in [-0.25, -0.2) is 4.39 Å². The van der Waals surface area contributed by atoms with E-state index < -0.39 is 5.91 Å². The Morgan fingerprint density at radius 1 is 1.27 bits per heavy atom. The molecule has 0 atom stereocenters. The van der Waals surface area contributed by atoms with Gasteiger partial charge in [-0.2, -0.15) is 0 Å². The molecule has 1 aliphatic rings. The molecule has 3 N–H and O–H groups in total. The van der Waals surface area contributed by atoms with Crippen LogP contribution in [0.1, 0.15) is 25.7 Å². The van der Waals surface area contributed by atoms with Gasteiger partial charge in [0.15, 0.2) is 0 Å². The van der Waals surface area contributed by atoms with E-state index in [4.69, 9.17) is 5.73 Å². The number of benzene rings is 1. The van der Waals surface area contributed by atoms with Gasteiger partial charge in [-0.1, -0.05) is 0 Å². The summed E-state index contributed by atoms with van der Waals surface area (Å²) in [6.07, 6.45) is 3.42. The molecule has 144 valence electrons. The monoisotopic (exact) mass is 364 g/mol. The zero-order valence-corrected chi connectivity index (χ0v) is 15.4. The number of anilines is 1. The first kappa shape index (κ1) is 20.3. The molecule has 6 nitrogen and oxygen atoms in total. The van der Waals surface area contributed by atoms with Gasteiger partial charge in [0.05, 0.1) is 6.54 Å². The second-order valence-corrected chi connectivity index (χ2v) is 6.85. The number of rotatable bonds is 9. The van der Waals surface area contributed by atoms with Gasteiger partial charge in [-0.3, -0.25) is 14.5 Å². The number of likely N-dealkylation sites (tertiary alicyclic amines) is 1. The predicted octanol–water partition coefficient (Wildman–Crippen LogP) is 1.36. The van der Waals surface area contributed by atoms with E-state index in [0.29, 0.717) is 18.2 Å². The number of nitrogens with two attached hydrogens (primary N) is 1. The first-order valence-corrected chi connectivity index (χ1v) is 9.20. The minimum atomic E-state index is -0.463. The molecule has 7 heteroatoms. The molecule has 1 aromatic carbocycles. The van der Waals surface area contributed by atoms with Crippen LogP contribution in [-0.2, 0) is 9.59 Å². The largest absolute Gasteiger partial charge is 0.370 e. The maximum atomic E-state index is 13.2. The van der Waals surface area contributed by atoms with Crippen molar-refractivity contribution in [3.05, 3.63) is 30.1 Å². The molecule has 1 aliphatic heterocycles. The van der Waals surface area contributed by atoms with Gasteiger partial charge in [-0.15, -0.1) is 0 Å². The van der Waals surface area contributed by atoms with Gasteiger partial charge in [0.2, 0.25) is 11.8 Å². The Hall–Kier alpha value is -1.99. The SMILES string of the molecule is CNCCC1CCN(CC(=O)N(CCC(N)=O)c2ccc(F)cc2)CC1. The number of primary amides is 1. The molecule has 1 fully saturated rings. The van der Waals surface area contributed by atoms with Crippen molar-refractivity contribution in [1.29, 1.82) is 0 Å². The molecule has 0 aromatic heterocycles. The van der Waals surface area contributed by atoms with E-state index >= 15 is 0 Å². The second-order valence-electron chi connectivity index (χ2n) is 6.85. The highest BCUT2D eigenvalue weighted by Gasteiger charge is 2.23. The van der Waals surface area contributed by atoms with Gasteiger partial charge in [0.25, 0.3) is 0 Å². The van der Waals surface area contributed by atoms with Crippen LogP contribution in [0.4, 0.5) is 10.1 Å². The summed E-state index contributed by atoms with van der Waals surface area (Å²) in [4.78, 5) is 27.6. The van der Waals surface area contributed by atoms with E-state index in [0.717, 1.165) is 32.5 Å². The molecule has 1 saturated heterocycles. The van der Waals surface area contributed by atoms with Crippen LogP contribution in [-0.4, -0.2) is 56.5 Å². The van der Waals surface area contributed by atoms with Crippen LogP contribution in [0.3, 0.4) is 0 Å². The Balaban J connectivity index is 1.94. The van der Waals surface area contributed by atoms with E-state index in [1.165, 1.54) is 23.5 Å². The van der Waals surface area contributed by atoms with Crippen LogP contribution in [0.5, 0.6) is 0 Å². The minimum Gasteiger partial charge on any atom is -0.370 e. The fourth-order valence-corrected chi connectivity index (χ4v) is 3.30. The van der Waals surface area contributed by atoms with Crippen LogP contribution in [0.15, 0.2) is 24.3 Å². The number of nitrogens with one attached hydrogen (secondary N) is 1. The molecular weight excluding hydrogens is 335 g/mol. The molecule has 0 saturated carbocycles. The third-order valence-electron chi connectivity index (χ3n) is 4.89. The maximum absolute atomic E-state index is 13.2. The quantitative estimate of drug-likeness (QED) is 0.693. The molecule has 0 unspecified atom stereocenters. The van der Waals surface area contributed by atoms with Crippen LogP contribution in [0.2, 0.25) is 0 Å². The molecule has 1 aromatic rings. The summed E-state index contributed by atoms with van der Waals surface area (Å²) in [7, 11) is 1.96. The van der Waals surface area contributed by atoms with E-state index in [9.17, 15) is 14.0 Å². The molecule has 1 heterocycles. The van der Waals surface area contributed by atoms with Gasteiger partial charge in [-0.05, 0) is 76.1 Å². The van der Waals surface area contributed by atoms with Crippen molar-refractivity contribution in [2.45, 2.75) is 25.7 Å². The smallest absolute Gasteiger partial charge is 0.241 e. The summed E-state index contributed by atoms with van der Waals surface area (Å²) >= 11 is 0. The average Bonchev–Trinajstić information content (AvgIpc) is 2.62.